The number of hydrogen-bond donors (Lipinski definition) is 1. The van der Waals surface area contributed by atoms with Crippen molar-refractivity contribution in [3.8, 4) is 17.1 Å². The highest BCUT2D eigenvalue weighted by atomic mass is 32.2. The van der Waals surface area contributed by atoms with E-state index in [0.29, 0.717) is 49.0 Å². The molecule has 182 valence electrons. The van der Waals surface area contributed by atoms with Gasteiger partial charge in [-0.25, -0.2) is 18.4 Å². The van der Waals surface area contributed by atoms with E-state index in [0.717, 1.165) is 18.4 Å². The first-order valence-corrected chi connectivity index (χ1v) is 13.2. The zero-order valence-electron chi connectivity index (χ0n) is 19.3. The molecule has 0 unspecified atom stereocenters. The molecule has 0 aromatic carbocycles. The molecule has 0 spiro atoms. The van der Waals surface area contributed by atoms with E-state index < -0.39 is 10.0 Å². The summed E-state index contributed by atoms with van der Waals surface area (Å²) < 4.78 is 32.6. The monoisotopic (exact) mass is 494 g/mol. The van der Waals surface area contributed by atoms with Gasteiger partial charge in [-0.1, -0.05) is 6.07 Å². The minimum atomic E-state index is -3.41. The molecule has 0 bridgehead atoms. The van der Waals surface area contributed by atoms with Crippen molar-refractivity contribution in [2.45, 2.75) is 43.9 Å². The Morgan fingerprint density at radius 2 is 1.97 bits per heavy atom. The fourth-order valence-electron chi connectivity index (χ4n) is 4.14. The zero-order valence-corrected chi connectivity index (χ0v) is 20.1. The number of anilines is 1. The summed E-state index contributed by atoms with van der Waals surface area (Å²) in [7, 11) is -3.41. The lowest BCUT2D eigenvalue weighted by Crippen LogP contribution is -2.31. The van der Waals surface area contributed by atoms with Crippen molar-refractivity contribution in [3.05, 3.63) is 60.3 Å². The van der Waals surface area contributed by atoms with Crippen LogP contribution in [0.25, 0.3) is 11.3 Å². The topological polar surface area (TPSA) is 127 Å². The maximum Gasteiger partial charge on any atom is 0.273 e. The minimum absolute atomic E-state index is 0.195. The van der Waals surface area contributed by atoms with Crippen LogP contribution < -0.4 is 9.46 Å². The quantitative estimate of drug-likeness (QED) is 0.506. The molecule has 2 fully saturated rings. The molecule has 1 saturated carbocycles. The summed E-state index contributed by atoms with van der Waals surface area (Å²) in [5.41, 5.74) is 2.31. The fourth-order valence-corrected chi connectivity index (χ4v) is 5.47. The maximum atomic E-state index is 13.3. The van der Waals surface area contributed by atoms with Crippen LogP contribution in [0.1, 0.15) is 54.8 Å². The lowest BCUT2D eigenvalue weighted by molar-refractivity contribution is 0.0727. The van der Waals surface area contributed by atoms with Crippen LogP contribution in [0.15, 0.2) is 48.9 Å². The van der Waals surface area contributed by atoms with Gasteiger partial charge in [0.15, 0.2) is 0 Å². The average Bonchev–Trinajstić information content (AvgIpc) is 3.62. The van der Waals surface area contributed by atoms with Gasteiger partial charge < -0.3 is 9.64 Å². The van der Waals surface area contributed by atoms with E-state index in [2.05, 4.69) is 24.7 Å². The highest BCUT2D eigenvalue weighted by Crippen LogP contribution is 2.34. The van der Waals surface area contributed by atoms with Crippen molar-refractivity contribution in [1.82, 2.24) is 24.8 Å². The normalized spacial score (nSPS) is 17.9. The Kier molecular flexibility index (Phi) is 6.33. The van der Waals surface area contributed by atoms with E-state index in [1.807, 2.05) is 13.0 Å². The fraction of sp³-hybridized carbons (Fsp3) is 0.375. The van der Waals surface area contributed by atoms with Gasteiger partial charge in [-0.15, -0.1) is 0 Å². The summed E-state index contributed by atoms with van der Waals surface area (Å²) in [4.78, 5) is 32.5. The third kappa shape index (κ3) is 5.09. The molecule has 11 heteroatoms. The number of carbonyl (C=O) groups excluding carboxylic acids is 1. The summed E-state index contributed by atoms with van der Waals surface area (Å²) >= 11 is 0. The number of aromatic nitrogens is 4. The van der Waals surface area contributed by atoms with E-state index in [-0.39, 0.29) is 23.0 Å². The van der Waals surface area contributed by atoms with Crippen molar-refractivity contribution < 1.29 is 17.9 Å². The van der Waals surface area contributed by atoms with Gasteiger partial charge >= 0.3 is 0 Å². The molecule has 1 saturated heterocycles. The summed E-state index contributed by atoms with van der Waals surface area (Å²) in [6, 6.07) is 8.44. The van der Waals surface area contributed by atoms with Crippen molar-refractivity contribution in [3.63, 3.8) is 0 Å². The molecule has 3 aromatic heterocycles. The molecule has 4 heterocycles. The van der Waals surface area contributed by atoms with Crippen molar-refractivity contribution in [2.24, 2.45) is 0 Å². The predicted molar refractivity (Wildman–Crippen MR) is 129 cm³/mol. The molecule has 1 N–H and O–H groups in total. The number of likely N-dealkylation sites (tertiary alicyclic amines) is 1. The molecule has 1 atom stereocenters. The molecule has 5 rings (SSSR count). The van der Waals surface area contributed by atoms with Gasteiger partial charge in [0.05, 0.1) is 41.7 Å². The predicted octanol–water partition coefficient (Wildman–Crippen LogP) is 3.21. The minimum Gasteiger partial charge on any atom is -0.477 e. The maximum absolute atomic E-state index is 13.3. The number of rotatable bonds is 8. The van der Waals surface area contributed by atoms with Crippen LogP contribution in [0.4, 0.5) is 5.82 Å². The highest BCUT2D eigenvalue weighted by Gasteiger charge is 2.36. The van der Waals surface area contributed by atoms with Crippen LogP contribution in [0.3, 0.4) is 0 Å². The number of sulfonamides is 1. The molecule has 0 radical (unpaired) electrons. The summed E-state index contributed by atoms with van der Waals surface area (Å²) in [5.74, 6) is 0.518. The van der Waals surface area contributed by atoms with Crippen LogP contribution >= 0.6 is 0 Å². The third-order valence-corrected chi connectivity index (χ3v) is 7.86. The lowest BCUT2D eigenvalue weighted by Gasteiger charge is -2.24. The summed E-state index contributed by atoms with van der Waals surface area (Å²) in [5, 5.41) is -0.334. The largest absolute Gasteiger partial charge is 0.477 e. The number of nitrogens with one attached hydrogen (secondary N) is 1. The molecule has 10 nitrogen and oxygen atoms in total. The SMILES string of the molecule is CCOc1cncc(-c2ccc(C(=O)N3CCC[C@@H]3c3cccc(NS(=O)(=O)C4CC4)n3)nc2)n1. The van der Waals surface area contributed by atoms with E-state index in [1.165, 1.54) is 0 Å². The van der Waals surface area contributed by atoms with Gasteiger partial charge in [0.2, 0.25) is 15.9 Å². The smallest absolute Gasteiger partial charge is 0.273 e. The number of ether oxygens (including phenoxy) is 1. The highest BCUT2D eigenvalue weighted by molar-refractivity contribution is 7.93. The first kappa shape index (κ1) is 23.2. The Balaban J connectivity index is 1.32. The number of nitrogens with zero attached hydrogens (tertiary/aromatic N) is 5. The Morgan fingerprint density at radius 1 is 1.11 bits per heavy atom. The van der Waals surface area contributed by atoms with Crippen LogP contribution in [0, 0.1) is 0 Å². The van der Waals surface area contributed by atoms with Crippen LogP contribution in [0.2, 0.25) is 0 Å². The third-order valence-electron chi connectivity index (χ3n) is 6.02. The molecular formula is C24H26N6O4S. The molecule has 2 aliphatic rings. The Hall–Kier alpha value is -3.60. The molecule has 35 heavy (non-hydrogen) atoms. The number of hydrogen-bond acceptors (Lipinski definition) is 8. The van der Waals surface area contributed by atoms with Gasteiger partial charge in [-0.05, 0) is 56.9 Å². The molecule has 1 aliphatic carbocycles. The van der Waals surface area contributed by atoms with Crippen molar-refractivity contribution in [2.75, 3.05) is 17.9 Å². The summed E-state index contributed by atoms with van der Waals surface area (Å²) in [6.07, 6.45) is 7.69. The zero-order chi connectivity index (χ0) is 24.4. The van der Waals surface area contributed by atoms with E-state index >= 15 is 0 Å². The van der Waals surface area contributed by atoms with Gasteiger partial charge in [0, 0.05) is 18.3 Å². The molecule has 1 aliphatic heterocycles. The van der Waals surface area contributed by atoms with Gasteiger partial charge in [-0.2, -0.15) is 0 Å². The summed E-state index contributed by atoms with van der Waals surface area (Å²) in [6.45, 7) is 2.94. The molecular weight excluding hydrogens is 468 g/mol. The second-order valence-electron chi connectivity index (χ2n) is 8.56. The number of carbonyl (C=O) groups is 1. The van der Waals surface area contributed by atoms with Crippen molar-refractivity contribution in [1.29, 1.82) is 0 Å². The van der Waals surface area contributed by atoms with E-state index in [4.69, 9.17) is 4.74 Å². The lowest BCUT2D eigenvalue weighted by atomic mass is 10.1. The van der Waals surface area contributed by atoms with Crippen LogP contribution in [0.5, 0.6) is 5.88 Å². The first-order valence-electron chi connectivity index (χ1n) is 11.7. The van der Waals surface area contributed by atoms with E-state index in [9.17, 15) is 13.2 Å². The van der Waals surface area contributed by atoms with Crippen molar-refractivity contribution >= 4 is 21.7 Å². The second-order valence-corrected chi connectivity index (χ2v) is 10.5. The van der Waals surface area contributed by atoms with Gasteiger partial charge in [0.1, 0.15) is 11.5 Å². The van der Waals surface area contributed by atoms with E-state index in [1.54, 1.807) is 47.8 Å². The molecule has 1 amide bonds. The average molecular weight is 495 g/mol. The second kappa shape index (κ2) is 9.57. The number of pyridine rings is 2. The number of amides is 1. The first-order chi connectivity index (χ1) is 16.9. The van der Waals surface area contributed by atoms with Crippen LogP contribution in [-0.2, 0) is 10.0 Å². The van der Waals surface area contributed by atoms with Gasteiger partial charge in [0.25, 0.3) is 5.91 Å². The Morgan fingerprint density at radius 3 is 2.71 bits per heavy atom. The Labute approximate surface area is 203 Å². The van der Waals surface area contributed by atoms with Gasteiger partial charge in [-0.3, -0.25) is 19.5 Å². The van der Waals surface area contributed by atoms with Crippen LogP contribution in [-0.4, -0.2) is 57.6 Å². The molecule has 3 aromatic rings. The standard InChI is InChI=1S/C24H26N6O4S/c1-2-34-23-15-25-14-20(28-23)16-8-11-19(26-13-16)24(31)30-12-4-6-21(30)18-5-3-7-22(27-18)29-35(32,33)17-9-10-17/h3,5,7-8,11,13-15,17,21H,2,4,6,9-10,12H2,1H3,(H,27,29)/t21-/m1/s1. The Bertz CT molecular complexity index is 1330.